The summed E-state index contributed by atoms with van der Waals surface area (Å²) in [6, 6.07) is 0. The molecule has 6 heteroatoms. The Balaban J connectivity index is 4.15. The van der Waals surface area contributed by atoms with Crippen LogP contribution in [-0.4, -0.2) is 37.2 Å². The van der Waals surface area contributed by atoms with E-state index in [-0.39, 0.29) is 31.1 Å². The minimum atomic E-state index is -0.785. The molecule has 0 aliphatic rings. The predicted octanol–water partition coefficient (Wildman–Crippen LogP) is 20.8. The molecule has 0 spiro atoms. The van der Waals surface area contributed by atoms with E-state index >= 15 is 0 Å². The third-order valence-electron chi connectivity index (χ3n) is 12.7. The number of hydrogen-bond acceptors (Lipinski definition) is 6. The lowest BCUT2D eigenvalue weighted by Gasteiger charge is -2.18. The topological polar surface area (TPSA) is 78.9 Å². The fourth-order valence-electron chi connectivity index (χ4n) is 8.18. The average molecular weight is 1030 g/mol. The molecule has 0 aliphatic heterocycles. The van der Waals surface area contributed by atoms with Gasteiger partial charge in [0.1, 0.15) is 13.2 Å². The van der Waals surface area contributed by atoms with Gasteiger partial charge in [0.05, 0.1) is 0 Å². The Bertz CT molecular complexity index is 1550. The molecule has 0 radical (unpaired) electrons. The van der Waals surface area contributed by atoms with Gasteiger partial charge in [-0.05, 0) is 96.3 Å². The minimum absolute atomic E-state index is 0.0853. The number of ether oxygens (including phenoxy) is 3. The van der Waals surface area contributed by atoms with Crippen LogP contribution in [0.25, 0.3) is 0 Å². The van der Waals surface area contributed by atoms with Gasteiger partial charge in [-0.1, -0.05) is 277 Å². The van der Waals surface area contributed by atoms with E-state index in [1.165, 1.54) is 96.3 Å². The highest BCUT2D eigenvalue weighted by Gasteiger charge is 2.19. The summed E-state index contributed by atoms with van der Waals surface area (Å²) in [5.74, 6) is -0.919. The van der Waals surface area contributed by atoms with Crippen molar-refractivity contribution in [3.05, 3.63) is 122 Å². The Hall–Kier alpha value is -4.19. The van der Waals surface area contributed by atoms with E-state index in [0.29, 0.717) is 19.3 Å². The molecular formula is C68H112O6. The molecule has 0 aromatic rings. The molecule has 1 unspecified atom stereocenters. The Morgan fingerprint density at radius 2 is 0.527 bits per heavy atom. The molecule has 74 heavy (non-hydrogen) atoms. The fraction of sp³-hybridized carbons (Fsp3) is 0.662. The largest absolute Gasteiger partial charge is 0.462 e. The van der Waals surface area contributed by atoms with E-state index in [4.69, 9.17) is 14.2 Å². The molecule has 0 rings (SSSR count). The van der Waals surface area contributed by atoms with Gasteiger partial charge in [-0.15, -0.1) is 0 Å². The lowest BCUT2D eigenvalue weighted by molar-refractivity contribution is -0.167. The zero-order valence-electron chi connectivity index (χ0n) is 48.1. The molecule has 0 bridgehead atoms. The summed E-state index contributed by atoms with van der Waals surface area (Å²) in [4.78, 5) is 37.9. The molecule has 0 fully saturated rings. The van der Waals surface area contributed by atoms with Crippen molar-refractivity contribution in [3.8, 4) is 0 Å². The molecule has 1 atom stereocenters. The predicted molar refractivity (Wildman–Crippen MR) is 320 cm³/mol. The average Bonchev–Trinajstić information content (AvgIpc) is 3.40. The molecule has 0 amide bonds. The van der Waals surface area contributed by atoms with Gasteiger partial charge < -0.3 is 14.2 Å². The number of hydrogen-bond donors (Lipinski definition) is 0. The summed E-state index contributed by atoms with van der Waals surface area (Å²) in [7, 11) is 0. The zero-order chi connectivity index (χ0) is 53.6. The highest BCUT2D eigenvalue weighted by atomic mass is 16.6. The molecule has 0 aromatic carbocycles. The lowest BCUT2D eigenvalue weighted by Crippen LogP contribution is -2.30. The Labute approximate surface area is 456 Å². The Kier molecular flexibility index (Phi) is 57.9. The summed E-state index contributed by atoms with van der Waals surface area (Å²) in [5, 5.41) is 0. The van der Waals surface area contributed by atoms with Crippen molar-refractivity contribution in [1.82, 2.24) is 0 Å². The van der Waals surface area contributed by atoms with Gasteiger partial charge in [0.25, 0.3) is 0 Å². The smallest absolute Gasteiger partial charge is 0.306 e. The van der Waals surface area contributed by atoms with E-state index in [1.54, 1.807) is 0 Å². The third kappa shape index (κ3) is 58.7. The van der Waals surface area contributed by atoms with E-state index in [1.807, 2.05) is 0 Å². The van der Waals surface area contributed by atoms with Gasteiger partial charge in [-0.3, -0.25) is 14.4 Å². The second kappa shape index (κ2) is 61.4. The van der Waals surface area contributed by atoms with Gasteiger partial charge in [0, 0.05) is 19.3 Å². The normalized spacial score (nSPS) is 13.0. The summed E-state index contributed by atoms with van der Waals surface area (Å²) in [6.45, 7) is 6.45. The monoisotopic (exact) mass is 1020 g/mol. The highest BCUT2D eigenvalue weighted by molar-refractivity contribution is 5.71. The SMILES string of the molecule is CC/C=C\C/C=C\C/C=C\C/C=C\C/C=C\C/C=C\C/C=C\C/C=C\C/C=C\C/C=C\CCCCCCC(=O)OCC(COC(=O)CCCCCCCC)OC(=O)CCCCCCCCCCCCCCCCC. The van der Waals surface area contributed by atoms with Crippen molar-refractivity contribution in [2.45, 2.75) is 277 Å². The summed E-state index contributed by atoms with van der Waals surface area (Å²) >= 11 is 0. The maximum absolute atomic E-state index is 12.8. The van der Waals surface area contributed by atoms with Gasteiger partial charge >= 0.3 is 17.9 Å². The van der Waals surface area contributed by atoms with Gasteiger partial charge in [-0.2, -0.15) is 0 Å². The summed E-state index contributed by atoms with van der Waals surface area (Å²) < 4.78 is 16.7. The van der Waals surface area contributed by atoms with E-state index < -0.39 is 6.10 Å². The van der Waals surface area contributed by atoms with Crippen LogP contribution in [0.1, 0.15) is 271 Å². The molecular weight excluding hydrogens is 913 g/mol. The number of carbonyl (C=O) groups excluding carboxylic acids is 3. The molecule has 0 saturated carbocycles. The second-order valence-corrected chi connectivity index (χ2v) is 19.9. The third-order valence-corrected chi connectivity index (χ3v) is 12.7. The number of rotatable bonds is 54. The second-order valence-electron chi connectivity index (χ2n) is 19.9. The van der Waals surface area contributed by atoms with Crippen LogP contribution in [-0.2, 0) is 28.6 Å². The highest BCUT2D eigenvalue weighted by Crippen LogP contribution is 2.15. The first-order valence-electron chi connectivity index (χ1n) is 30.5. The van der Waals surface area contributed by atoms with Gasteiger partial charge in [0.15, 0.2) is 6.10 Å². The van der Waals surface area contributed by atoms with Crippen LogP contribution in [0, 0.1) is 0 Å². The molecule has 0 N–H and O–H groups in total. The Morgan fingerprint density at radius 3 is 0.824 bits per heavy atom. The van der Waals surface area contributed by atoms with Crippen molar-refractivity contribution in [2.24, 2.45) is 0 Å². The summed E-state index contributed by atoms with van der Waals surface area (Å²) in [5.41, 5.74) is 0. The van der Waals surface area contributed by atoms with Crippen LogP contribution < -0.4 is 0 Å². The maximum atomic E-state index is 12.8. The number of unbranched alkanes of at least 4 members (excludes halogenated alkanes) is 23. The van der Waals surface area contributed by atoms with Gasteiger partial charge in [0.2, 0.25) is 0 Å². The maximum Gasteiger partial charge on any atom is 0.306 e. The van der Waals surface area contributed by atoms with Crippen molar-refractivity contribution < 1.29 is 28.6 Å². The van der Waals surface area contributed by atoms with Gasteiger partial charge in [-0.25, -0.2) is 0 Å². The van der Waals surface area contributed by atoms with E-state index in [0.717, 1.165) is 135 Å². The van der Waals surface area contributed by atoms with Crippen LogP contribution >= 0.6 is 0 Å². The fourth-order valence-corrected chi connectivity index (χ4v) is 8.18. The molecule has 0 aromatic heterocycles. The quantitative estimate of drug-likeness (QED) is 0.0261. The first kappa shape index (κ1) is 69.8. The molecule has 420 valence electrons. The standard InChI is InChI=1S/C68H112O6/c1-4-7-10-13-16-18-20-22-24-25-26-27-28-29-30-31-32-33-34-35-36-37-38-39-40-41-42-43-45-46-48-50-52-55-58-61-67(70)73-64-65(63-72-66(69)60-57-54-15-12-9-6-3)74-68(71)62-59-56-53-51-49-47-44-23-21-19-17-14-11-8-5-2/h7,10,16,18,22,24,26-27,29-30,32-33,35-36,38-39,41-42,45-46,65H,4-6,8-9,11-15,17,19-21,23,25,28,31,34,37,40,43-44,47-64H2,1-3H3/b10-7-,18-16-,24-22-,27-26-,30-29-,33-32-,36-35-,39-38-,42-41-,46-45-. The molecule has 0 saturated heterocycles. The van der Waals surface area contributed by atoms with Crippen molar-refractivity contribution >= 4 is 17.9 Å². The number of allylic oxidation sites excluding steroid dienone is 20. The van der Waals surface area contributed by atoms with Crippen LogP contribution in [0.4, 0.5) is 0 Å². The molecule has 0 aliphatic carbocycles. The first-order chi connectivity index (χ1) is 36.5. The van der Waals surface area contributed by atoms with Crippen LogP contribution in [0.15, 0.2) is 122 Å². The van der Waals surface area contributed by atoms with Crippen molar-refractivity contribution in [1.29, 1.82) is 0 Å². The van der Waals surface area contributed by atoms with Crippen LogP contribution in [0.2, 0.25) is 0 Å². The molecule has 0 heterocycles. The van der Waals surface area contributed by atoms with Crippen molar-refractivity contribution in [2.75, 3.05) is 13.2 Å². The molecule has 6 nitrogen and oxygen atoms in total. The minimum Gasteiger partial charge on any atom is -0.462 e. The zero-order valence-corrected chi connectivity index (χ0v) is 48.1. The van der Waals surface area contributed by atoms with Crippen LogP contribution in [0.3, 0.4) is 0 Å². The Morgan fingerprint density at radius 1 is 0.284 bits per heavy atom. The van der Waals surface area contributed by atoms with E-state index in [9.17, 15) is 14.4 Å². The van der Waals surface area contributed by atoms with E-state index in [2.05, 4.69) is 142 Å². The van der Waals surface area contributed by atoms with Crippen LogP contribution in [0.5, 0.6) is 0 Å². The first-order valence-corrected chi connectivity index (χ1v) is 30.5. The number of esters is 3. The number of carbonyl (C=O) groups is 3. The summed E-state index contributed by atoms with van der Waals surface area (Å²) in [6.07, 6.45) is 85.2. The lowest BCUT2D eigenvalue weighted by atomic mass is 10.0. The van der Waals surface area contributed by atoms with Crippen molar-refractivity contribution in [3.63, 3.8) is 0 Å².